The van der Waals surface area contributed by atoms with Crippen molar-refractivity contribution in [3.05, 3.63) is 53.3 Å². The van der Waals surface area contributed by atoms with Crippen LogP contribution >= 0.6 is 23.1 Å². The lowest BCUT2D eigenvalue weighted by Crippen LogP contribution is -2.44. The second kappa shape index (κ2) is 5.46. The first-order chi connectivity index (χ1) is 10.3. The number of nitrogens with two attached hydrogens (primary N) is 1. The number of nitrogens with one attached hydrogen (secondary N) is 1. The summed E-state index contributed by atoms with van der Waals surface area (Å²) in [5.74, 6) is 5.81. The number of rotatable bonds is 4. The highest BCUT2D eigenvalue weighted by Gasteiger charge is 2.29. The van der Waals surface area contributed by atoms with Crippen molar-refractivity contribution >= 4 is 28.1 Å². The number of imidazole rings is 1. The predicted octanol–water partition coefficient (Wildman–Crippen LogP) is 2.49. The van der Waals surface area contributed by atoms with Crippen LogP contribution in [0.5, 0.6) is 0 Å². The van der Waals surface area contributed by atoms with Gasteiger partial charge in [-0.2, -0.15) is 0 Å². The molecule has 3 N–H and O–H groups in total. The summed E-state index contributed by atoms with van der Waals surface area (Å²) in [6.45, 7) is 0. The van der Waals surface area contributed by atoms with Crippen LogP contribution in [0.25, 0.3) is 4.96 Å². The van der Waals surface area contributed by atoms with Crippen LogP contribution in [0.2, 0.25) is 0 Å². The van der Waals surface area contributed by atoms with Crippen LogP contribution < -0.4 is 11.3 Å². The molecule has 3 heterocycles. The van der Waals surface area contributed by atoms with Gasteiger partial charge in [0.1, 0.15) is 0 Å². The van der Waals surface area contributed by atoms with Crippen molar-refractivity contribution in [2.45, 2.75) is 29.0 Å². The first-order valence-corrected chi connectivity index (χ1v) is 8.71. The van der Waals surface area contributed by atoms with E-state index in [1.54, 1.807) is 11.3 Å². The van der Waals surface area contributed by atoms with Gasteiger partial charge in [-0.05, 0) is 18.1 Å². The minimum atomic E-state index is 0.229. The number of benzene rings is 1. The fourth-order valence-electron chi connectivity index (χ4n) is 2.83. The molecule has 1 aliphatic heterocycles. The molecule has 21 heavy (non-hydrogen) atoms. The van der Waals surface area contributed by atoms with Crippen LogP contribution in [0.1, 0.15) is 11.3 Å². The molecule has 2 aromatic heterocycles. The molecule has 2 atom stereocenters. The van der Waals surface area contributed by atoms with E-state index >= 15 is 0 Å². The van der Waals surface area contributed by atoms with Crippen molar-refractivity contribution in [2.75, 3.05) is 0 Å². The highest BCUT2D eigenvalue weighted by Crippen LogP contribution is 2.38. The Bertz CT molecular complexity index is 710. The molecule has 3 aromatic rings. The van der Waals surface area contributed by atoms with Crippen LogP contribution in [0, 0.1) is 0 Å². The molecule has 4 rings (SSSR count). The Kier molecular flexibility index (Phi) is 3.46. The summed E-state index contributed by atoms with van der Waals surface area (Å²) in [7, 11) is 0. The van der Waals surface area contributed by atoms with E-state index in [0.29, 0.717) is 5.25 Å². The van der Waals surface area contributed by atoms with Crippen LogP contribution in [0.3, 0.4) is 0 Å². The number of hydrogen-bond donors (Lipinski definition) is 2. The van der Waals surface area contributed by atoms with Crippen LogP contribution in [-0.2, 0) is 12.8 Å². The van der Waals surface area contributed by atoms with Crippen LogP contribution in [0.15, 0.2) is 46.9 Å². The summed E-state index contributed by atoms with van der Waals surface area (Å²) >= 11 is 3.58. The van der Waals surface area contributed by atoms with Gasteiger partial charge in [0.25, 0.3) is 0 Å². The Morgan fingerprint density at radius 1 is 1.43 bits per heavy atom. The number of nitrogens with zero attached hydrogens (tertiary/aromatic N) is 2. The van der Waals surface area contributed by atoms with Crippen molar-refractivity contribution in [1.82, 2.24) is 14.8 Å². The zero-order valence-corrected chi connectivity index (χ0v) is 13.0. The monoisotopic (exact) mass is 316 g/mol. The second-order valence-electron chi connectivity index (χ2n) is 5.27. The molecule has 0 saturated carbocycles. The average Bonchev–Trinajstić information content (AvgIpc) is 3.17. The van der Waals surface area contributed by atoms with Gasteiger partial charge in [0, 0.05) is 40.4 Å². The van der Waals surface area contributed by atoms with Gasteiger partial charge in [0.15, 0.2) is 4.96 Å². The molecule has 1 aliphatic rings. The molecule has 0 aliphatic carbocycles. The van der Waals surface area contributed by atoms with Gasteiger partial charge in [-0.1, -0.05) is 18.2 Å². The van der Waals surface area contributed by atoms with E-state index in [9.17, 15) is 0 Å². The maximum Gasteiger partial charge on any atom is 0.193 e. The van der Waals surface area contributed by atoms with Gasteiger partial charge in [0.05, 0.1) is 5.69 Å². The summed E-state index contributed by atoms with van der Waals surface area (Å²) < 4.78 is 2.07. The van der Waals surface area contributed by atoms with Gasteiger partial charge in [-0.3, -0.25) is 15.7 Å². The highest BCUT2D eigenvalue weighted by molar-refractivity contribution is 8.00. The molecule has 0 bridgehead atoms. The molecular formula is C15H16N4S2. The maximum atomic E-state index is 5.81. The minimum Gasteiger partial charge on any atom is -0.297 e. The van der Waals surface area contributed by atoms with Gasteiger partial charge >= 0.3 is 0 Å². The van der Waals surface area contributed by atoms with Crippen molar-refractivity contribution in [1.29, 1.82) is 0 Å². The third kappa shape index (κ3) is 2.48. The first kappa shape index (κ1) is 13.3. The fraction of sp³-hybridized carbons (Fsp3) is 0.267. The summed E-state index contributed by atoms with van der Waals surface area (Å²) in [6.07, 6.45) is 6.07. The highest BCUT2D eigenvalue weighted by atomic mass is 32.2. The number of hydrazine groups is 1. The van der Waals surface area contributed by atoms with Gasteiger partial charge in [-0.25, -0.2) is 4.98 Å². The van der Waals surface area contributed by atoms with E-state index in [1.165, 1.54) is 10.5 Å². The molecule has 0 fully saturated rings. The van der Waals surface area contributed by atoms with E-state index in [-0.39, 0.29) is 6.04 Å². The SMILES string of the molecule is NNC(Cc1cn2ccsc2n1)C1Cc2ccccc2S1. The summed E-state index contributed by atoms with van der Waals surface area (Å²) in [6, 6.07) is 8.84. The summed E-state index contributed by atoms with van der Waals surface area (Å²) in [4.78, 5) is 7.09. The summed E-state index contributed by atoms with van der Waals surface area (Å²) in [5, 5.41) is 2.51. The maximum absolute atomic E-state index is 5.81. The lowest BCUT2D eigenvalue weighted by atomic mass is 10.0. The third-order valence-electron chi connectivity index (χ3n) is 3.91. The van der Waals surface area contributed by atoms with Crippen LogP contribution in [0.4, 0.5) is 0 Å². The zero-order valence-electron chi connectivity index (χ0n) is 11.4. The van der Waals surface area contributed by atoms with Crippen molar-refractivity contribution in [3.63, 3.8) is 0 Å². The molecule has 6 heteroatoms. The lowest BCUT2D eigenvalue weighted by Gasteiger charge is -2.20. The smallest absolute Gasteiger partial charge is 0.193 e. The number of hydrogen-bond acceptors (Lipinski definition) is 5. The normalized spacial score (nSPS) is 19.0. The van der Waals surface area contributed by atoms with E-state index in [0.717, 1.165) is 23.5 Å². The fourth-order valence-corrected chi connectivity index (χ4v) is 4.94. The van der Waals surface area contributed by atoms with Crippen molar-refractivity contribution < 1.29 is 0 Å². The molecule has 4 nitrogen and oxygen atoms in total. The predicted molar refractivity (Wildman–Crippen MR) is 87.7 cm³/mol. The Morgan fingerprint density at radius 2 is 2.33 bits per heavy atom. The lowest BCUT2D eigenvalue weighted by molar-refractivity contribution is 0.503. The molecule has 2 unspecified atom stereocenters. The van der Waals surface area contributed by atoms with Crippen molar-refractivity contribution in [2.24, 2.45) is 5.84 Å². The Balaban J connectivity index is 1.52. The molecule has 0 saturated heterocycles. The molecule has 1 aromatic carbocycles. The number of fused-ring (bicyclic) bond motifs is 2. The van der Waals surface area contributed by atoms with Crippen LogP contribution in [-0.4, -0.2) is 20.7 Å². The average molecular weight is 316 g/mol. The van der Waals surface area contributed by atoms with E-state index in [2.05, 4.69) is 45.3 Å². The molecule has 0 radical (unpaired) electrons. The van der Waals surface area contributed by atoms with Gasteiger partial charge < -0.3 is 0 Å². The van der Waals surface area contributed by atoms with Gasteiger partial charge in [0.2, 0.25) is 0 Å². The Morgan fingerprint density at radius 3 is 3.14 bits per heavy atom. The quantitative estimate of drug-likeness (QED) is 0.573. The van der Waals surface area contributed by atoms with E-state index in [1.807, 2.05) is 23.3 Å². The van der Waals surface area contributed by atoms with Crippen molar-refractivity contribution in [3.8, 4) is 0 Å². The molecule has 0 spiro atoms. The number of aromatic nitrogens is 2. The number of thioether (sulfide) groups is 1. The molecule has 108 valence electrons. The first-order valence-electron chi connectivity index (χ1n) is 6.95. The zero-order chi connectivity index (χ0) is 14.2. The Labute approximate surface area is 131 Å². The largest absolute Gasteiger partial charge is 0.297 e. The standard InChI is InChI=1S/C15H16N4S2/c16-18-12(8-11-9-19-5-6-20-15(19)17-11)14-7-10-3-1-2-4-13(10)21-14/h1-6,9,12,14,18H,7-8,16H2. The van der Waals surface area contributed by atoms with E-state index in [4.69, 9.17) is 5.84 Å². The molecule has 0 amide bonds. The minimum absolute atomic E-state index is 0.229. The Hall–Kier alpha value is -1.34. The number of thiazole rings is 1. The third-order valence-corrected chi connectivity index (χ3v) is 6.13. The second-order valence-corrected chi connectivity index (χ2v) is 7.42. The van der Waals surface area contributed by atoms with Gasteiger partial charge in [-0.15, -0.1) is 23.1 Å². The molecular weight excluding hydrogens is 300 g/mol. The van der Waals surface area contributed by atoms with E-state index < -0.39 is 0 Å². The summed E-state index contributed by atoms with van der Waals surface area (Å²) in [5.41, 5.74) is 5.52. The topological polar surface area (TPSA) is 55.3 Å².